The molecule has 1 aromatic heterocycles. The molecule has 1 fully saturated rings. The molecule has 2 aromatic rings. The summed E-state index contributed by atoms with van der Waals surface area (Å²) < 4.78 is 46.1. The molecule has 1 N–H and O–H groups in total. The van der Waals surface area contributed by atoms with Crippen molar-refractivity contribution in [1.29, 1.82) is 0 Å². The van der Waals surface area contributed by atoms with Gasteiger partial charge in [0, 0.05) is 49.9 Å². The predicted octanol–water partition coefficient (Wildman–Crippen LogP) is 4.85. The third-order valence-electron chi connectivity index (χ3n) is 7.47. The van der Waals surface area contributed by atoms with Crippen LogP contribution < -0.4 is 15.0 Å². The highest BCUT2D eigenvalue weighted by molar-refractivity contribution is 5.93. The van der Waals surface area contributed by atoms with E-state index in [1.165, 1.54) is 36.9 Å². The van der Waals surface area contributed by atoms with Gasteiger partial charge in [-0.15, -0.1) is 0 Å². The van der Waals surface area contributed by atoms with Crippen molar-refractivity contribution in [3.63, 3.8) is 0 Å². The molecule has 0 spiro atoms. The van der Waals surface area contributed by atoms with Crippen LogP contribution >= 0.6 is 0 Å². The second kappa shape index (κ2) is 10.7. The fraction of sp³-hybridized carbons (Fsp3) is 0.556. The van der Waals surface area contributed by atoms with E-state index in [1.54, 1.807) is 5.56 Å². The Bertz CT molecular complexity index is 1100. The molecule has 6 nitrogen and oxygen atoms in total. The maximum atomic E-state index is 13.5. The highest BCUT2D eigenvalue weighted by Gasteiger charge is 2.37. The highest BCUT2D eigenvalue weighted by atomic mass is 19.4. The molecule has 0 radical (unpaired) electrons. The van der Waals surface area contributed by atoms with Crippen molar-refractivity contribution in [2.45, 2.75) is 57.5 Å². The molecule has 1 aliphatic carbocycles. The van der Waals surface area contributed by atoms with E-state index in [1.807, 2.05) is 0 Å². The summed E-state index contributed by atoms with van der Waals surface area (Å²) in [5, 5.41) is 2.45. The van der Waals surface area contributed by atoms with Gasteiger partial charge in [-0.3, -0.25) is 9.69 Å². The van der Waals surface area contributed by atoms with Gasteiger partial charge in [0.2, 0.25) is 11.8 Å². The van der Waals surface area contributed by atoms with Crippen LogP contribution in [0.5, 0.6) is 5.88 Å². The van der Waals surface area contributed by atoms with Crippen LogP contribution in [0.4, 0.5) is 24.7 Å². The average Bonchev–Trinajstić information content (AvgIpc) is 2.87. The van der Waals surface area contributed by atoms with Gasteiger partial charge < -0.3 is 15.0 Å². The average molecular weight is 503 g/mol. The van der Waals surface area contributed by atoms with E-state index >= 15 is 0 Å². The van der Waals surface area contributed by atoms with Gasteiger partial charge in [0.05, 0.1) is 12.2 Å². The molecule has 1 saturated heterocycles. The molecule has 194 valence electrons. The molecule has 36 heavy (non-hydrogen) atoms. The highest BCUT2D eigenvalue weighted by Crippen LogP contribution is 2.38. The molecular weight excluding hydrogens is 469 g/mol. The molecule has 1 amide bonds. The maximum absolute atomic E-state index is 13.5. The van der Waals surface area contributed by atoms with Gasteiger partial charge >= 0.3 is 6.18 Å². The van der Waals surface area contributed by atoms with Crippen LogP contribution in [0.3, 0.4) is 0 Å². The Labute approximate surface area is 209 Å². The molecule has 0 saturated carbocycles. The third kappa shape index (κ3) is 5.61. The number of carbonyl (C=O) groups is 1. The minimum absolute atomic E-state index is 0.0276. The van der Waals surface area contributed by atoms with Gasteiger partial charge in [0.25, 0.3) is 0 Å². The van der Waals surface area contributed by atoms with E-state index in [-0.39, 0.29) is 42.6 Å². The quantitative estimate of drug-likeness (QED) is 0.549. The van der Waals surface area contributed by atoms with Gasteiger partial charge in [-0.05, 0) is 68.7 Å². The number of benzene rings is 1. The Morgan fingerprint density at radius 3 is 2.58 bits per heavy atom. The second-order valence-corrected chi connectivity index (χ2v) is 9.89. The zero-order valence-corrected chi connectivity index (χ0v) is 20.5. The molecule has 9 heteroatoms. The van der Waals surface area contributed by atoms with Gasteiger partial charge in [-0.2, -0.15) is 18.2 Å². The molecular formula is C27H33F3N4O2. The number of nitrogens with one attached hydrogen (secondary N) is 1. The lowest BCUT2D eigenvalue weighted by atomic mass is 9.90. The number of aryl methyl sites for hydroxylation is 1. The van der Waals surface area contributed by atoms with Gasteiger partial charge in [-0.1, -0.05) is 12.1 Å². The van der Waals surface area contributed by atoms with Crippen LogP contribution in [0.15, 0.2) is 24.3 Å². The van der Waals surface area contributed by atoms with Gasteiger partial charge in [0.15, 0.2) is 0 Å². The monoisotopic (exact) mass is 502 g/mol. The molecule has 3 heterocycles. The number of unbranched alkanes of at least 4 members (excludes halogenated alkanes) is 1. The molecule has 3 aliphatic rings. The van der Waals surface area contributed by atoms with E-state index in [0.29, 0.717) is 0 Å². The minimum atomic E-state index is -4.52. The first-order chi connectivity index (χ1) is 17.4. The zero-order valence-electron chi connectivity index (χ0n) is 20.5. The summed E-state index contributed by atoms with van der Waals surface area (Å²) in [5.74, 6) is -0.454. The Kier molecular flexibility index (Phi) is 7.37. The summed E-state index contributed by atoms with van der Waals surface area (Å²) in [4.78, 5) is 20.7. The lowest BCUT2D eigenvalue weighted by molar-refractivity contribution is -0.138. The lowest BCUT2D eigenvalue weighted by Crippen LogP contribution is -2.47. The van der Waals surface area contributed by atoms with Crippen LogP contribution in [0.25, 0.3) is 0 Å². The fourth-order valence-corrected chi connectivity index (χ4v) is 5.55. The summed E-state index contributed by atoms with van der Waals surface area (Å²) in [6.07, 6.45) is 2.10. The van der Waals surface area contributed by atoms with Crippen LogP contribution in [-0.2, 0) is 30.2 Å². The van der Waals surface area contributed by atoms with E-state index in [9.17, 15) is 18.0 Å². The van der Waals surface area contributed by atoms with E-state index in [4.69, 9.17) is 4.74 Å². The Balaban J connectivity index is 1.08. The number of ether oxygens (including phenoxy) is 1. The van der Waals surface area contributed by atoms with Crippen LogP contribution in [0.1, 0.15) is 54.4 Å². The normalized spacial score (nSPS) is 18.4. The van der Waals surface area contributed by atoms with Crippen molar-refractivity contribution >= 4 is 17.4 Å². The number of hydrogen-bond acceptors (Lipinski definition) is 5. The number of amides is 1. The smallest absolute Gasteiger partial charge is 0.417 e. The number of halogens is 3. The number of anilines is 2. The first kappa shape index (κ1) is 24.9. The molecule has 0 atom stereocenters. The summed E-state index contributed by atoms with van der Waals surface area (Å²) in [5.41, 5.74) is 3.72. The summed E-state index contributed by atoms with van der Waals surface area (Å²) in [6, 6.07) is 7.68. The number of pyridine rings is 1. The number of hydrogen-bond donors (Lipinski definition) is 1. The standard InChI is InChI=1S/C27H33F3N4O2/c28-27(29,30)22-18-25(32-26-21(22)10-11-24(35)31-26)36-17-4-3-12-33-13-15-34(16-14-33)23-9-5-7-19-6-1-2-8-20(19)23/h5,7,9,18H,1-4,6,8,10-17H2,(H,31,32,35). The maximum Gasteiger partial charge on any atom is 0.417 e. The van der Waals surface area contributed by atoms with Gasteiger partial charge in [0.1, 0.15) is 5.82 Å². The summed E-state index contributed by atoms with van der Waals surface area (Å²) >= 11 is 0. The Hall–Kier alpha value is -2.81. The number of nitrogens with zero attached hydrogens (tertiary/aromatic N) is 3. The third-order valence-corrected chi connectivity index (χ3v) is 7.47. The molecule has 0 unspecified atom stereocenters. The van der Waals surface area contributed by atoms with Crippen LogP contribution in [-0.4, -0.2) is 55.1 Å². The molecule has 0 bridgehead atoms. The first-order valence-corrected chi connectivity index (χ1v) is 13.0. The van der Waals surface area contributed by atoms with E-state index in [0.717, 1.165) is 51.6 Å². The van der Waals surface area contributed by atoms with Crippen LogP contribution in [0, 0.1) is 0 Å². The number of alkyl halides is 3. The van der Waals surface area contributed by atoms with Crippen molar-refractivity contribution in [3.8, 4) is 5.88 Å². The molecule has 5 rings (SSSR count). The minimum Gasteiger partial charge on any atom is -0.478 e. The van der Waals surface area contributed by atoms with Gasteiger partial charge in [-0.25, -0.2) is 0 Å². The topological polar surface area (TPSA) is 57.7 Å². The van der Waals surface area contributed by atoms with Crippen molar-refractivity contribution in [2.75, 3.05) is 49.5 Å². The molecule has 2 aliphatic heterocycles. The predicted molar refractivity (Wildman–Crippen MR) is 133 cm³/mol. The van der Waals surface area contributed by atoms with E-state index < -0.39 is 11.7 Å². The Morgan fingerprint density at radius 1 is 0.972 bits per heavy atom. The van der Waals surface area contributed by atoms with E-state index in [2.05, 4.69) is 38.3 Å². The second-order valence-electron chi connectivity index (χ2n) is 9.89. The van der Waals surface area contributed by atoms with Crippen molar-refractivity contribution < 1.29 is 22.7 Å². The number of fused-ring (bicyclic) bond motifs is 2. The number of piperazine rings is 1. The lowest BCUT2D eigenvalue weighted by Gasteiger charge is -2.38. The summed E-state index contributed by atoms with van der Waals surface area (Å²) in [6.45, 7) is 5.26. The fourth-order valence-electron chi connectivity index (χ4n) is 5.55. The molecule has 1 aromatic carbocycles. The van der Waals surface area contributed by atoms with Crippen molar-refractivity contribution in [1.82, 2.24) is 9.88 Å². The number of rotatable bonds is 7. The first-order valence-electron chi connectivity index (χ1n) is 13.0. The van der Waals surface area contributed by atoms with Crippen molar-refractivity contribution in [2.24, 2.45) is 0 Å². The number of aromatic nitrogens is 1. The van der Waals surface area contributed by atoms with Crippen molar-refractivity contribution in [3.05, 3.63) is 46.5 Å². The largest absolute Gasteiger partial charge is 0.478 e. The SMILES string of the molecule is O=C1CCc2c(C(F)(F)F)cc(OCCCCN3CCN(c4cccc5c4CCCC5)CC3)nc2N1. The van der Waals surface area contributed by atoms with Crippen LogP contribution in [0.2, 0.25) is 0 Å². The summed E-state index contributed by atoms with van der Waals surface area (Å²) in [7, 11) is 0. The zero-order chi connectivity index (χ0) is 25.1. The number of carbonyl (C=O) groups excluding carboxylic acids is 1. The Morgan fingerprint density at radius 2 is 1.78 bits per heavy atom.